The normalized spacial score (nSPS) is 11.2. The predicted molar refractivity (Wildman–Crippen MR) is 145 cm³/mol. The molecule has 0 fully saturated rings. The minimum absolute atomic E-state index is 0. The number of hydrogen-bond acceptors (Lipinski definition) is 1. The summed E-state index contributed by atoms with van der Waals surface area (Å²) >= 11 is 0. The molecular weight excluding hydrogens is 426 g/mol. The van der Waals surface area contributed by atoms with Crippen molar-refractivity contribution in [1.82, 2.24) is 0 Å². The van der Waals surface area contributed by atoms with Gasteiger partial charge in [-0.25, -0.2) is 0 Å². The quantitative estimate of drug-likeness (QED) is 0.238. The molecule has 0 heterocycles. The molecule has 4 aromatic rings. The van der Waals surface area contributed by atoms with Crippen LogP contribution in [0.5, 0.6) is 0 Å². The molecule has 0 radical (unpaired) electrons. The molecule has 0 saturated heterocycles. The molecule has 0 amide bonds. The molecule has 168 valence electrons. The third-order valence-electron chi connectivity index (χ3n) is 5.87. The van der Waals surface area contributed by atoms with Crippen LogP contribution < -0.4 is 29.5 Å². The Morgan fingerprint density at radius 2 is 0.971 bits per heavy atom. The van der Waals surface area contributed by atoms with Crippen molar-refractivity contribution in [2.75, 3.05) is 0 Å². The van der Waals surface area contributed by atoms with Crippen LogP contribution in [0.4, 0.5) is 11.4 Å². The maximum atomic E-state index is 5.43. The molecule has 0 spiro atoms. The van der Waals surface area contributed by atoms with Gasteiger partial charge < -0.3 is 5.09 Å². The number of hydrogen-bond donors (Lipinski definition) is 0. The van der Waals surface area contributed by atoms with E-state index in [0.717, 1.165) is 22.0 Å². The molecule has 0 saturated carbocycles. The van der Waals surface area contributed by atoms with E-state index in [1.807, 2.05) is 0 Å². The second kappa shape index (κ2) is 11.8. The Balaban J connectivity index is 0.00000324. The van der Waals surface area contributed by atoms with Gasteiger partial charge in [0, 0.05) is 0 Å². The van der Waals surface area contributed by atoms with E-state index in [9.17, 15) is 0 Å². The third-order valence-corrected chi connectivity index (χ3v) is 8.95. The second-order valence-electron chi connectivity index (χ2n) is 8.96. The van der Waals surface area contributed by atoms with Gasteiger partial charge in [0.25, 0.3) is 0 Å². The summed E-state index contributed by atoms with van der Waals surface area (Å²) in [7, 11) is -2.47. The van der Waals surface area contributed by atoms with Crippen molar-refractivity contribution in [1.29, 1.82) is 0 Å². The van der Waals surface area contributed by atoms with Gasteiger partial charge in [0.15, 0.2) is 0 Å². The molecule has 0 aliphatic heterocycles. The molecule has 0 aliphatic rings. The van der Waals surface area contributed by atoms with Crippen molar-refractivity contribution < 1.29 is 18.9 Å². The fraction of sp³-hybridized carbons (Fsp3) is 0.200. The number of nitrogens with zero attached hydrogens (tertiary/aromatic N) is 2. The molecule has 4 aromatic carbocycles. The van der Waals surface area contributed by atoms with E-state index < -0.39 is 7.21 Å². The van der Waals surface area contributed by atoms with Gasteiger partial charge in [-0.15, -0.1) is 5.69 Å². The van der Waals surface area contributed by atoms with E-state index in [2.05, 4.69) is 137 Å². The van der Waals surface area contributed by atoms with Crippen LogP contribution in [0.25, 0.3) is 5.09 Å². The van der Waals surface area contributed by atoms with Crippen LogP contribution in [0.3, 0.4) is 0 Å². The average molecular weight is 459 g/mol. The maximum Gasteiger partial charge on any atom is 1.00 e. The summed E-state index contributed by atoms with van der Waals surface area (Å²) < 4.78 is 5.43. The van der Waals surface area contributed by atoms with E-state index >= 15 is 0 Å². The van der Waals surface area contributed by atoms with Crippen LogP contribution in [-0.4, -0.2) is 0 Å². The zero-order valence-electron chi connectivity index (χ0n) is 20.9. The fourth-order valence-electron chi connectivity index (χ4n) is 3.86. The van der Waals surface area contributed by atoms with Gasteiger partial charge in [-0.05, 0) is 52.9 Å². The van der Waals surface area contributed by atoms with Crippen molar-refractivity contribution in [2.45, 2.75) is 39.5 Å². The first-order valence-corrected chi connectivity index (χ1v) is 13.3. The minimum atomic E-state index is -2.47. The van der Waals surface area contributed by atoms with E-state index in [1.165, 1.54) is 11.1 Å². The van der Waals surface area contributed by atoms with Crippen LogP contribution in [0.1, 0.15) is 50.7 Å². The van der Waals surface area contributed by atoms with Crippen LogP contribution in [0.2, 0.25) is 0 Å². The monoisotopic (exact) mass is 458 g/mol. The summed E-state index contributed by atoms with van der Waals surface area (Å²) in [5.41, 5.74) is 4.56. The Labute approximate surface area is 217 Å². The molecule has 34 heavy (non-hydrogen) atoms. The molecule has 4 rings (SSSR count). The van der Waals surface area contributed by atoms with E-state index in [0.29, 0.717) is 11.8 Å². The Morgan fingerprint density at radius 1 is 0.559 bits per heavy atom. The fourth-order valence-corrected chi connectivity index (χ4v) is 6.78. The molecule has 0 atom stereocenters. The first kappa shape index (κ1) is 26.1. The van der Waals surface area contributed by atoms with Crippen molar-refractivity contribution >= 4 is 29.2 Å². The van der Waals surface area contributed by atoms with E-state index in [1.54, 1.807) is 0 Å². The van der Waals surface area contributed by atoms with Gasteiger partial charge in [-0.1, -0.05) is 125 Å². The molecule has 2 nitrogen and oxygen atoms in total. The molecule has 0 unspecified atom stereocenters. The van der Waals surface area contributed by atoms with Crippen molar-refractivity contribution in [3.63, 3.8) is 0 Å². The van der Waals surface area contributed by atoms with Crippen LogP contribution in [0.15, 0.2) is 114 Å². The Kier molecular flexibility index (Phi) is 9.04. The van der Waals surface area contributed by atoms with Crippen molar-refractivity contribution in [2.24, 2.45) is 4.74 Å². The first-order valence-electron chi connectivity index (χ1n) is 11.6. The molecule has 4 heteroatoms. The summed E-state index contributed by atoms with van der Waals surface area (Å²) in [6.07, 6.45) is 0. The topological polar surface area (TPSA) is 26.5 Å². The minimum Gasteiger partial charge on any atom is -0.638 e. The van der Waals surface area contributed by atoms with Gasteiger partial charge in [-0.3, -0.25) is 4.74 Å². The smallest absolute Gasteiger partial charge is 0.638 e. The van der Waals surface area contributed by atoms with Crippen LogP contribution >= 0.6 is 7.21 Å². The Morgan fingerprint density at radius 3 is 1.38 bits per heavy atom. The first-order chi connectivity index (χ1) is 16.0. The number of benzene rings is 4. The predicted octanol–water partition coefficient (Wildman–Crippen LogP) is 6.04. The van der Waals surface area contributed by atoms with Gasteiger partial charge in [0.05, 0.1) is 5.69 Å². The summed E-state index contributed by atoms with van der Waals surface area (Å²) in [5, 5.41) is 7.73. The largest absolute Gasteiger partial charge is 1.00 e. The second-order valence-corrected chi connectivity index (χ2v) is 11.6. The molecule has 0 aromatic heterocycles. The van der Waals surface area contributed by atoms with Gasteiger partial charge in [0.1, 0.15) is 0 Å². The van der Waals surface area contributed by atoms with Crippen molar-refractivity contribution in [3.8, 4) is 0 Å². The van der Waals surface area contributed by atoms with E-state index in [4.69, 9.17) is 9.83 Å². The van der Waals surface area contributed by atoms with Gasteiger partial charge >= 0.3 is 18.9 Å². The van der Waals surface area contributed by atoms with Gasteiger partial charge in [0.2, 0.25) is 0 Å². The molecule has 0 N–H and O–H groups in total. The zero-order valence-corrected chi connectivity index (χ0v) is 21.8. The maximum absolute atomic E-state index is 5.43. The van der Waals surface area contributed by atoms with Crippen molar-refractivity contribution in [3.05, 3.63) is 125 Å². The Hall–Kier alpha value is -2.49. The summed E-state index contributed by atoms with van der Waals surface area (Å²) in [5.74, 6) is 0.983. The zero-order chi connectivity index (χ0) is 23.3. The standard InChI is InChI=1S/C30H32N2P.Li/c1-23(2)25-15-19-27(20-16-25)31-33(29-11-7-5-8-12-29,30-13-9-6-10-14-30)32-28-21-17-26(18-22-28)24(3)4;/h5-24H,1-4H3;/q-1;+1. The summed E-state index contributed by atoms with van der Waals surface area (Å²) in [6.45, 7) is 8.86. The molecule has 0 bridgehead atoms. The third kappa shape index (κ3) is 5.95. The molecule has 0 aliphatic carbocycles. The number of rotatable bonds is 7. The average Bonchev–Trinajstić information content (AvgIpc) is 2.85. The van der Waals surface area contributed by atoms with Gasteiger partial charge in [-0.2, -0.15) is 0 Å². The van der Waals surface area contributed by atoms with E-state index in [-0.39, 0.29) is 18.9 Å². The van der Waals surface area contributed by atoms with Crippen LogP contribution in [0, 0.1) is 0 Å². The summed E-state index contributed by atoms with van der Waals surface area (Å²) in [4.78, 5) is 0. The van der Waals surface area contributed by atoms with Crippen LogP contribution in [-0.2, 0) is 0 Å². The SMILES string of the molecule is CC(C)c1ccc(N=P([N-]c2ccc(C(C)C)cc2)(c2ccccc2)c2ccccc2)cc1.[Li+]. The Bertz CT molecular complexity index is 1170. The molecular formula is C30H32LiN2P. The summed E-state index contributed by atoms with van der Waals surface area (Å²) in [6, 6.07) is 38.4.